The highest BCUT2D eigenvalue weighted by Crippen LogP contribution is 2.06. The molecule has 2 aromatic rings. The summed E-state index contributed by atoms with van der Waals surface area (Å²) in [6, 6.07) is 14.2. The van der Waals surface area contributed by atoms with Gasteiger partial charge in [-0.15, -0.1) is 0 Å². The maximum Gasteiger partial charge on any atom is 0.397 e. The lowest BCUT2D eigenvalue weighted by molar-refractivity contribution is 0.0919. The van der Waals surface area contributed by atoms with E-state index in [-0.39, 0.29) is 12.5 Å². The Balaban J connectivity index is 1.77. The van der Waals surface area contributed by atoms with E-state index >= 15 is 0 Å². The number of carbonyl (C=O) groups is 1. The number of hydrogen-bond donors (Lipinski definition) is 2. The molecule has 0 radical (unpaired) electrons. The van der Waals surface area contributed by atoms with Gasteiger partial charge in [-0.2, -0.15) is 8.42 Å². The molecule has 1 atom stereocenters. The van der Waals surface area contributed by atoms with Crippen LogP contribution in [0, 0.1) is 0 Å². The van der Waals surface area contributed by atoms with Crippen molar-refractivity contribution in [3.63, 3.8) is 0 Å². The quantitative estimate of drug-likeness (QED) is 0.697. The Morgan fingerprint density at radius 2 is 1.78 bits per heavy atom. The van der Waals surface area contributed by atoms with E-state index in [2.05, 4.69) is 21.7 Å². The third-order valence-electron chi connectivity index (χ3n) is 4.32. The van der Waals surface area contributed by atoms with Crippen molar-refractivity contribution in [3.8, 4) is 0 Å². The van der Waals surface area contributed by atoms with Crippen LogP contribution in [0.5, 0.6) is 0 Å². The zero-order valence-electron chi connectivity index (χ0n) is 14.7. The molecule has 0 aromatic heterocycles. The van der Waals surface area contributed by atoms with E-state index in [1.54, 1.807) is 6.07 Å². The van der Waals surface area contributed by atoms with E-state index in [9.17, 15) is 13.2 Å². The monoisotopic (exact) mass is 387 g/mol. The van der Waals surface area contributed by atoms with Crippen LogP contribution in [0.2, 0.25) is 0 Å². The number of amides is 1. The molecule has 27 heavy (non-hydrogen) atoms. The molecule has 0 bridgehead atoms. The highest BCUT2D eigenvalue weighted by Gasteiger charge is 2.18. The number of carbonyl (C=O) groups excluding carboxylic acids is 1. The third kappa shape index (κ3) is 5.75. The minimum atomic E-state index is -4.58. The fourth-order valence-electron chi connectivity index (χ4n) is 3.04. The molecule has 0 saturated carbocycles. The lowest BCUT2D eigenvalue weighted by Crippen LogP contribution is -2.41. The van der Waals surface area contributed by atoms with Crippen LogP contribution >= 0.6 is 0 Å². The highest BCUT2D eigenvalue weighted by atomic mass is 32.3. The van der Waals surface area contributed by atoms with E-state index in [0.717, 1.165) is 28.8 Å². The first-order valence-corrected chi connectivity index (χ1v) is 10.0. The molecule has 3 rings (SSSR count). The fraction of sp³-hybridized carbons (Fsp3) is 0.250. The van der Waals surface area contributed by atoms with Crippen LogP contribution in [0.25, 0.3) is 12.2 Å². The van der Waals surface area contributed by atoms with Crippen molar-refractivity contribution in [2.45, 2.75) is 25.3 Å². The molecular weight excluding hydrogens is 366 g/mol. The average molecular weight is 387 g/mol. The summed E-state index contributed by atoms with van der Waals surface area (Å²) in [6.45, 7) is -0.357. The van der Waals surface area contributed by atoms with Crippen LogP contribution in [0.15, 0.2) is 48.5 Å². The molecule has 0 spiro atoms. The first-order chi connectivity index (χ1) is 12.9. The van der Waals surface area contributed by atoms with Crippen molar-refractivity contribution in [1.82, 2.24) is 5.32 Å². The second-order valence-electron chi connectivity index (χ2n) is 6.40. The minimum Gasteiger partial charge on any atom is -0.347 e. The van der Waals surface area contributed by atoms with E-state index in [0.29, 0.717) is 12.0 Å². The van der Waals surface area contributed by atoms with Gasteiger partial charge in [0.1, 0.15) is 0 Å². The number of benzene rings is 2. The molecule has 0 heterocycles. The summed E-state index contributed by atoms with van der Waals surface area (Å²) in [7, 11) is -4.58. The van der Waals surface area contributed by atoms with Crippen LogP contribution in [-0.4, -0.2) is 31.5 Å². The number of rotatable bonds is 7. The smallest absolute Gasteiger partial charge is 0.347 e. The van der Waals surface area contributed by atoms with Crippen LogP contribution < -0.4 is 15.8 Å². The minimum absolute atomic E-state index is 0.323. The lowest BCUT2D eigenvalue weighted by atomic mass is 10.0. The Kier molecular flexibility index (Phi) is 6.05. The van der Waals surface area contributed by atoms with Crippen LogP contribution in [-0.2, 0) is 21.0 Å². The summed E-state index contributed by atoms with van der Waals surface area (Å²) in [5.74, 6) is -0.323. The summed E-state index contributed by atoms with van der Waals surface area (Å²) < 4.78 is 35.2. The molecule has 7 heteroatoms. The van der Waals surface area contributed by atoms with E-state index in [4.69, 9.17) is 4.55 Å². The van der Waals surface area contributed by atoms with E-state index < -0.39 is 16.4 Å². The molecule has 1 aliphatic rings. The van der Waals surface area contributed by atoms with Crippen molar-refractivity contribution in [1.29, 1.82) is 0 Å². The first-order valence-electron chi connectivity index (χ1n) is 8.68. The molecular formula is C20H21NO5S. The predicted molar refractivity (Wildman–Crippen MR) is 103 cm³/mol. The Labute approximate surface area is 158 Å². The van der Waals surface area contributed by atoms with Gasteiger partial charge in [0.15, 0.2) is 0 Å². The van der Waals surface area contributed by atoms with Gasteiger partial charge < -0.3 is 5.32 Å². The Morgan fingerprint density at radius 1 is 1.07 bits per heavy atom. The van der Waals surface area contributed by atoms with Crippen LogP contribution in [0.4, 0.5) is 0 Å². The summed E-state index contributed by atoms with van der Waals surface area (Å²) in [5.41, 5.74) is 1.40. The number of hydrogen-bond acceptors (Lipinski definition) is 4. The van der Waals surface area contributed by atoms with E-state index in [1.807, 2.05) is 42.5 Å². The van der Waals surface area contributed by atoms with Gasteiger partial charge in [0.05, 0.1) is 12.6 Å². The second kappa shape index (κ2) is 8.47. The van der Waals surface area contributed by atoms with Crippen molar-refractivity contribution in [2.75, 3.05) is 6.61 Å². The molecule has 0 saturated heterocycles. The molecule has 0 fully saturated rings. The van der Waals surface area contributed by atoms with Gasteiger partial charge in [-0.25, -0.2) is 4.18 Å². The standard InChI is InChI=1S/C20H21NO5S/c22-20(18-11-10-16-8-4-5-9-17(16)13-18)21-19(14-26-27(23,24)25)12-15-6-2-1-3-7-15/h1-3,6-11,13,19H,4-5,12,14H2,(H,21,22)(H,23,24,25)/t19-/m1/s1. The molecule has 0 unspecified atom stereocenters. The summed E-state index contributed by atoms with van der Waals surface area (Å²) in [5, 5.41) is 4.92. The summed E-state index contributed by atoms with van der Waals surface area (Å²) in [6.07, 6.45) is 6.53. The maximum atomic E-state index is 12.7. The fourth-order valence-corrected chi connectivity index (χ4v) is 3.38. The number of nitrogens with one attached hydrogen (secondary N) is 1. The van der Waals surface area contributed by atoms with Crippen molar-refractivity contribution in [2.24, 2.45) is 0 Å². The Hall–Kier alpha value is -2.48. The van der Waals surface area contributed by atoms with Crippen LogP contribution in [0.1, 0.15) is 28.8 Å². The van der Waals surface area contributed by atoms with Gasteiger partial charge in [-0.05, 0) is 47.4 Å². The number of fused-ring (bicyclic) bond motifs is 1. The van der Waals surface area contributed by atoms with Crippen molar-refractivity contribution in [3.05, 3.63) is 70.1 Å². The summed E-state index contributed by atoms with van der Waals surface area (Å²) in [4.78, 5) is 12.7. The normalized spacial score (nSPS) is 14.4. The molecule has 2 N–H and O–H groups in total. The van der Waals surface area contributed by atoms with Gasteiger partial charge in [0.2, 0.25) is 0 Å². The second-order valence-corrected chi connectivity index (χ2v) is 7.49. The molecule has 142 valence electrons. The zero-order chi connectivity index (χ0) is 19.3. The van der Waals surface area contributed by atoms with Gasteiger partial charge in [0, 0.05) is 5.56 Å². The maximum absolute atomic E-state index is 12.7. The molecule has 0 aliphatic heterocycles. The topological polar surface area (TPSA) is 92.7 Å². The van der Waals surface area contributed by atoms with Crippen molar-refractivity contribution >= 4 is 28.5 Å². The lowest BCUT2D eigenvalue weighted by Gasteiger charge is -2.18. The van der Waals surface area contributed by atoms with Gasteiger partial charge in [-0.1, -0.05) is 48.6 Å². The molecule has 1 amide bonds. The predicted octanol–water partition coefficient (Wildman–Crippen LogP) is 1.20. The van der Waals surface area contributed by atoms with Gasteiger partial charge in [-0.3, -0.25) is 9.35 Å². The average Bonchev–Trinajstić information content (AvgIpc) is 2.66. The molecule has 1 aliphatic carbocycles. The zero-order valence-corrected chi connectivity index (χ0v) is 15.5. The summed E-state index contributed by atoms with van der Waals surface area (Å²) >= 11 is 0. The third-order valence-corrected chi connectivity index (χ3v) is 4.76. The SMILES string of the molecule is O=C(N[C@@H](COS(=O)(=O)O)Cc1ccccc1)c1ccc2c(c1)=CCCC=2. The van der Waals surface area contributed by atoms with Gasteiger partial charge in [0.25, 0.3) is 5.91 Å². The van der Waals surface area contributed by atoms with E-state index in [1.165, 1.54) is 0 Å². The van der Waals surface area contributed by atoms with Crippen molar-refractivity contribution < 1.29 is 21.9 Å². The molecule has 6 nitrogen and oxygen atoms in total. The molecule has 2 aromatic carbocycles. The van der Waals surface area contributed by atoms with Gasteiger partial charge >= 0.3 is 10.4 Å². The van der Waals surface area contributed by atoms with Crippen LogP contribution in [0.3, 0.4) is 0 Å². The Bertz CT molecular complexity index is 1030. The first kappa shape index (κ1) is 19.3. The highest BCUT2D eigenvalue weighted by molar-refractivity contribution is 7.80. The largest absolute Gasteiger partial charge is 0.397 e. The Morgan fingerprint density at radius 3 is 2.48 bits per heavy atom.